The summed E-state index contributed by atoms with van der Waals surface area (Å²) < 4.78 is 10.9. The Balaban J connectivity index is 1.46. The topological polar surface area (TPSA) is 84.9 Å². The summed E-state index contributed by atoms with van der Waals surface area (Å²) in [7, 11) is 0. The molecule has 2 aliphatic heterocycles. The number of rotatable bonds is 4. The Bertz CT molecular complexity index is 534. The van der Waals surface area contributed by atoms with Gasteiger partial charge in [0.1, 0.15) is 18.0 Å². The average Bonchev–Trinajstić information content (AvgIpc) is 3.11. The minimum absolute atomic E-state index is 0.0805. The standard InChI is InChI=1S/C15H17NO5/c17-14(12-5-6-13(21-12)15(18)19)16-8-10-7-9-3-1-2-4-11(9)20-10/h1-4,10,12-13H,5-8H2,(H,16,17)(H,18,19). The summed E-state index contributed by atoms with van der Waals surface area (Å²) in [5.74, 6) is -0.419. The maximum absolute atomic E-state index is 12.0. The van der Waals surface area contributed by atoms with E-state index in [9.17, 15) is 9.59 Å². The number of hydrogen-bond donors (Lipinski definition) is 2. The van der Waals surface area contributed by atoms with E-state index >= 15 is 0 Å². The first-order chi connectivity index (χ1) is 10.1. The second kappa shape index (κ2) is 5.73. The van der Waals surface area contributed by atoms with E-state index in [0.717, 1.165) is 17.7 Å². The molecular weight excluding hydrogens is 274 g/mol. The van der Waals surface area contributed by atoms with E-state index < -0.39 is 18.2 Å². The monoisotopic (exact) mass is 291 g/mol. The molecule has 0 saturated carbocycles. The Morgan fingerprint density at radius 1 is 1.24 bits per heavy atom. The molecule has 2 heterocycles. The lowest BCUT2D eigenvalue weighted by atomic mass is 10.1. The fourth-order valence-corrected chi connectivity index (χ4v) is 2.71. The Labute approximate surface area is 122 Å². The molecule has 0 spiro atoms. The molecule has 1 saturated heterocycles. The van der Waals surface area contributed by atoms with E-state index in [1.807, 2.05) is 24.3 Å². The van der Waals surface area contributed by atoms with Gasteiger partial charge in [0.15, 0.2) is 6.10 Å². The molecular formula is C15H17NO5. The van der Waals surface area contributed by atoms with Crippen LogP contribution in [0.5, 0.6) is 5.75 Å². The van der Waals surface area contributed by atoms with Gasteiger partial charge in [0.25, 0.3) is 0 Å². The highest BCUT2D eigenvalue weighted by atomic mass is 16.5. The van der Waals surface area contributed by atoms with Crippen LogP contribution in [0.3, 0.4) is 0 Å². The van der Waals surface area contributed by atoms with Gasteiger partial charge >= 0.3 is 5.97 Å². The lowest BCUT2D eigenvalue weighted by Gasteiger charge is -2.15. The van der Waals surface area contributed by atoms with E-state index in [1.165, 1.54) is 0 Å². The van der Waals surface area contributed by atoms with E-state index in [1.54, 1.807) is 0 Å². The molecule has 3 rings (SSSR count). The number of nitrogens with one attached hydrogen (secondary N) is 1. The zero-order valence-corrected chi connectivity index (χ0v) is 11.5. The number of aliphatic carboxylic acids is 1. The molecule has 6 nitrogen and oxygen atoms in total. The van der Waals surface area contributed by atoms with Crippen molar-refractivity contribution in [3.63, 3.8) is 0 Å². The number of carbonyl (C=O) groups excluding carboxylic acids is 1. The third-order valence-electron chi connectivity index (χ3n) is 3.81. The van der Waals surface area contributed by atoms with Crippen molar-refractivity contribution < 1.29 is 24.2 Å². The third-order valence-corrected chi connectivity index (χ3v) is 3.81. The van der Waals surface area contributed by atoms with Gasteiger partial charge in [-0.15, -0.1) is 0 Å². The lowest BCUT2D eigenvalue weighted by Crippen LogP contribution is -2.40. The van der Waals surface area contributed by atoms with Crippen molar-refractivity contribution in [2.45, 2.75) is 37.6 Å². The van der Waals surface area contributed by atoms with Crippen LogP contribution in [0.25, 0.3) is 0 Å². The fourth-order valence-electron chi connectivity index (χ4n) is 2.71. The molecule has 0 aromatic heterocycles. The molecule has 21 heavy (non-hydrogen) atoms. The molecule has 1 aromatic carbocycles. The van der Waals surface area contributed by atoms with Gasteiger partial charge in [-0.05, 0) is 24.5 Å². The Hall–Kier alpha value is -2.08. The van der Waals surface area contributed by atoms with Gasteiger partial charge in [0.05, 0.1) is 6.54 Å². The molecule has 0 radical (unpaired) electrons. The van der Waals surface area contributed by atoms with Gasteiger partial charge < -0.3 is 19.9 Å². The second-order valence-electron chi connectivity index (χ2n) is 5.33. The Kier molecular flexibility index (Phi) is 3.79. The molecule has 1 fully saturated rings. The summed E-state index contributed by atoms with van der Waals surface area (Å²) in [4.78, 5) is 22.7. The van der Waals surface area contributed by atoms with Crippen molar-refractivity contribution in [1.29, 1.82) is 0 Å². The largest absolute Gasteiger partial charge is 0.488 e. The molecule has 0 aliphatic carbocycles. The number of benzene rings is 1. The number of para-hydroxylation sites is 1. The summed E-state index contributed by atoms with van der Waals surface area (Å²) in [5, 5.41) is 11.6. The molecule has 2 aliphatic rings. The first-order valence-electron chi connectivity index (χ1n) is 7.04. The summed E-state index contributed by atoms with van der Waals surface area (Å²) in [6.07, 6.45) is -0.0433. The van der Waals surface area contributed by atoms with E-state index in [0.29, 0.717) is 19.4 Å². The van der Waals surface area contributed by atoms with E-state index in [2.05, 4.69) is 5.32 Å². The van der Waals surface area contributed by atoms with Crippen molar-refractivity contribution >= 4 is 11.9 Å². The molecule has 2 N–H and O–H groups in total. The van der Waals surface area contributed by atoms with Crippen LogP contribution in [0.4, 0.5) is 0 Å². The highest BCUT2D eigenvalue weighted by molar-refractivity contribution is 5.82. The van der Waals surface area contributed by atoms with Crippen molar-refractivity contribution in [3.05, 3.63) is 29.8 Å². The van der Waals surface area contributed by atoms with Gasteiger partial charge in [0.2, 0.25) is 5.91 Å². The minimum Gasteiger partial charge on any atom is -0.488 e. The molecule has 1 amide bonds. The van der Waals surface area contributed by atoms with Gasteiger partial charge in [-0.2, -0.15) is 0 Å². The molecule has 1 aromatic rings. The van der Waals surface area contributed by atoms with Crippen LogP contribution in [-0.4, -0.2) is 41.8 Å². The number of carbonyl (C=O) groups is 2. The highest BCUT2D eigenvalue weighted by Crippen LogP contribution is 2.27. The van der Waals surface area contributed by atoms with Crippen molar-refractivity contribution in [3.8, 4) is 5.75 Å². The zero-order chi connectivity index (χ0) is 14.8. The summed E-state index contributed by atoms with van der Waals surface area (Å²) in [6.45, 7) is 0.394. The van der Waals surface area contributed by atoms with Crippen LogP contribution in [0, 0.1) is 0 Å². The predicted molar refractivity (Wildman–Crippen MR) is 73.1 cm³/mol. The summed E-state index contributed by atoms with van der Waals surface area (Å²) >= 11 is 0. The first-order valence-corrected chi connectivity index (χ1v) is 7.04. The van der Waals surface area contributed by atoms with Gasteiger partial charge in [-0.3, -0.25) is 4.79 Å². The van der Waals surface area contributed by atoms with Crippen LogP contribution >= 0.6 is 0 Å². The number of carboxylic acids is 1. The van der Waals surface area contributed by atoms with Crippen LogP contribution in [-0.2, 0) is 20.7 Å². The first kappa shape index (κ1) is 13.9. The lowest BCUT2D eigenvalue weighted by molar-refractivity contribution is -0.151. The number of carboxylic acid groups (broad SMARTS) is 1. The predicted octanol–water partition coefficient (Wildman–Crippen LogP) is 0.739. The van der Waals surface area contributed by atoms with Crippen LogP contribution in [0.15, 0.2) is 24.3 Å². The smallest absolute Gasteiger partial charge is 0.332 e. The zero-order valence-electron chi connectivity index (χ0n) is 11.5. The maximum atomic E-state index is 12.0. The van der Waals surface area contributed by atoms with E-state index in [4.69, 9.17) is 14.6 Å². The molecule has 3 atom stereocenters. The minimum atomic E-state index is -1.01. The van der Waals surface area contributed by atoms with Gasteiger partial charge in [0, 0.05) is 6.42 Å². The summed E-state index contributed by atoms with van der Waals surface area (Å²) in [5.41, 5.74) is 1.14. The van der Waals surface area contributed by atoms with Crippen LogP contribution in [0.1, 0.15) is 18.4 Å². The quantitative estimate of drug-likeness (QED) is 0.854. The van der Waals surface area contributed by atoms with Crippen LogP contribution in [0.2, 0.25) is 0 Å². The van der Waals surface area contributed by atoms with E-state index in [-0.39, 0.29) is 12.0 Å². The number of amides is 1. The second-order valence-corrected chi connectivity index (χ2v) is 5.33. The fraction of sp³-hybridized carbons (Fsp3) is 0.467. The van der Waals surface area contributed by atoms with Crippen molar-refractivity contribution in [1.82, 2.24) is 5.32 Å². The molecule has 0 bridgehead atoms. The SMILES string of the molecule is O=C(O)C1CCC(C(=O)NCC2Cc3ccccc3O2)O1. The number of fused-ring (bicyclic) bond motifs is 1. The van der Waals surface area contributed by atoms with Crippen molar-refractivity contribution in [2.75, 3.05) is 6.54 Å². The Morgan fingerprint density at radius 2 is 2.00 bits per heavy atom. The number of hydrogen-bond acceptors (Lipinski definition) is 4. The maximum Gasteiger partial charge on any atom is 0.332 e. The van der Waals surface area contributed by atoms with Crippen LogP contribution < -0.4 is 10.1 Å². The normalized spacial score (nSPS) is 27.0. The molecule has 6 heteroatoms. The van der Waals surface area contributed by atoms with Gasteiger partial charge in [-0.25, -0.2) is 4.79 Å². The highest BCUT2D eigenvalue weighted by Gasteiger charge is 2.35. The summed E-state index contributed by atoms with van der Waals surface area (Å²) in [6, 6.07) is 7.79. The van der Waals surface area contributed by atoms with Crippen molar-refractivity contribution in [2.24, 2.45) is 0 Å². The third kappa shape index (κ3) is 3.00. The van der Waals surface area contributed by atoms with Gasteiger partial charge in [-0.1, -0.05) is 18.2 Å². The molecule has 3 unspecified atom stereocenters. The number of ether oxygens (including phenoxy) is 2. The average molecular weight is 291 g/mol. The molecule has 112 valence electrons. The Morgan fingerprint density at radius 3 is 2.71 bits per heavy atom.